The van der Waals surface area contributed by atoms with E-state index < -0.39 is 38.9 Å². The van der Waals surface area contributed by atoms with Gasteiger partial charge in [-0.3, -0.25) is 0 Å². The Morgan fingerprint density at radius 1 is 0.864 bits per heavy atom. The van der Waals surface area contributed by atoms with Crippen molar-refractivity contribution in [1.82, 2.24) is 0 Å². The molecule has 0 radical (unpaired) electrons. The molecule has 0 saturated carbocycles. The zero-order chi connectivity index (χ0) is 16.3. The van der Waals surface area contributed by atoms with Gasteiger partial charge in [-0.15, -0.1) is 0 Å². The van der Waals surface area contributed by atoms with Gasteiger partial charge in [-0.2, -0.15) is 0 Å². The van der Waals surface area contributed by atoms with Gasteiger partial charge in [-0.05, 0) is 35.9 Å². The minimum absolute atomic E-state index is 0.344. The molecule has 0 aliphatic heterocycles. The standard InChI is InChI=1S/C15H10F4O2S/c16-12-4-1-10(2-5-12)9-22(20,21)8-7-11-3-6-13(17)15(19)14(11)18/h1-8H,9H2/b8-7+. The van der Waals surface area contributed by atoms with Gasteiger partial charge in [-0.25, -0.2) is 26.0 Å². The minimum atomic E-state index is -3.77. The molecule has 22 heavy (non-hydrogen) atoms. The lowest BCUT2D eigenvalue weighted by Gasteiger charge is -2.01. The van der Waals surface area contributed by atoms with Gasteiger partial charge in [-0.1, -0.05) is 12.1 Å². The largest absolute Gasteiger partial charge is 0.224 e. The van der Waals surface area contributed by atoms with E-state index in [1.807, 2.05) is 0 Å². The summed E-state index contributed by atoms with van der Waals surface area (Å²) in [4.78, 5) is 0. The molecule has 0 fully saturated rings. The Bertz CT molecular complexity index is 812. The van der Waals surface area contributed by atoms with Crippen LogP contribution in [0, 0.1) is 23.3 Å². The molecular weight excluding hydrogens is 320 g/mol. The molecule has 0 saturated heterocycles. The van der Waals surface area contributed by atoms with E-state index in [2.05, 4.69) is 0 Å². The predicted octanol–water partition coefficient (Wildman–Crippen LogP) is 3.83. The van der Waals surface area contributed by atoms with Crippen LogP contribution in [-0.2, 0) is 15.6 Å². The van der Waals surface area contributed by atoms with Gasteiger partial charge in [0.25, 0.3) is 0 Å². The molecule has 0 unspecified atom stereocenters. The van der Waals surface area contributed by atoms with Gasteiger partial charge in [0.05, 0.1) is 5.75 Å². The summed E-state index contributed by atoms with van der Waals surface area (Å²) >= 11 is 0. The first-order chi connectivity index (χ1) is 10.3. The van der Waals surface area contributed by atoms with E-state index in [-0.39, 0.29) is 5.56 Å². The summed E-state index contributed by atoms with van der Waals surface area (Å²) in [5.74, 6) is -5.41. The zero-order valence-electron chi connectivity index (χ0n) is 11.1. The highest BCUT2D eigenvalue weighted by atomic mass is 32.2. The van der Waals surface area contributed by atoms with E-state index in [0.717, 1.165) is 24.3 Å². The van der Waals surface area contributed by atoms with Crippen LogP contribution in [0.4, 0.5) is 17.6 Å². The van der Waals surface area contributed by atoms with E-state index in [9.17, 15) is 26.0 Å². The normalized spacial score (nSPS) is 12.0. The van der Waals surface area contributed by atoms with Crippen LogP contribution in [0.25, 0.3) is 6.08 Å². The van der Waals surface area contributed by atoms with Gasteiger partial charge >= 0.3 is 0 Å². The highest BCUT2D eigenvalue weighted by molar-refractivity contribution is 7.93. The fraction of sp³-hybridized carbons (Fsp3) is 0.0667. The van der Waals surface area contributed by atoms with Crippen LogP contribution < -0.4 is 0 Å². The Morgan fingerprint density at radius 3 is 2.14 bits per heavy atom. The van der Waals surface area contributed by atoms with Gasteiger partial charge in [0.2, 0.25) is 0 Å². The fourth-order valence-corrected chi connectivity index (χ4v) is 2.81. The average Bonchev–Trinajstić information content (AvgIpc) is 2.46. The zero-order valence-corrected chi connectivity index (χ0v) is 11.9. The SMILES string of the molecule is O=S(=O)(/C=C/c1ccc(F)c(F)c1F)Cc1ccc(F)cc1. The Labute approximate surface area is 124 Å². The molecule has 0 aliphatic rings. The molecule has 0 atom stereocenters. The summed E-state index contributed by atoms with van der Waals surface area (Å²) < 4.78 is 75.6. The van der Waals surface area contributed by atoms with Crippen LogP contribution >= 0.6 is 0 Å². The molecule has 7 heteroatoms. The molecule has 2 nitrogen and oxygen atoms in total. The number of hydrogen-bond acceptors (Lipinski definition) is 2. The smallest absolute Gasteiger partial charge is 0.195 e. The van der Waals surface area contributed by atoms with Crippen molar-refractivity contribution in [2.75, 3.05) is 0 Å². The number of sulfone groups is 1. The van der Waals surface area contributed by atoms with Crippen molar-refractivity contribution in [3.05, 3.63) is 76.2 Å². The van der Waals surface area contributed by atoms with Crippen LogP contribution in [0.1, 0.15) is 11.1 Å². The fourth-order valence-electron chi connectivity index (χ4n) is 1.71. The van der Waals surface area contributed by atoms with Crippen LogP contribution in [-0.4, -0.2) is 8.42 Å². The maximum absolute atomic E-state index is 13.4. The molecule has 0 spiro atoms. The highest BCUT2D eigenvalue weighted by Crippen LogP contribution is 2.17. The van der Waals surface area contributed by atoms with Gasteiger partial charge in [0, 0.05) is 11.0 Å². The minimum Gasteiger partial charge on any atom is -0.224 e. The maximum Gasteiger partial charge on any atom is 0.195 e. The number of hydrogen-bond donors (Lipinski definition) is 0. The summed E-state index contributed by atoms with van der Waals surface area (Å²) in [6, 6.07) is 6.47. The van der Waals surface area contributed by atoms with Crippen molar-refractivity contribution in [1.29, 1.82) is 0 Å². The molecule has 2 aromatic carbocycles. The monoisotopic (exact) mass is 330 g/mol. The Balaban J connectivity index is 2.21. The lowest BCUT2D eigenvalue weighted by Crippen LogP contribution is -2.00. The average molecular weight is 330 g/mol. The van der Waals surface area contributed by atoms with Crippen molar-refractivity contribution >= 4 is 15.9 Å². The van der Waals surface area contributed by atoms with E-state index in [1.165, 1.54) is 12.1 Å². The van der Waals surface area contributed by atoms with Crippen molar-refractivity contribution in [3.8, 4) is 0 Å². The third-order valence-electron chi connectivity index (χ3n) is 2.80. The quantitative estimate of drug-likeness (QED) is 0.631. The summed E-state index contributed by atoms with van der Waals surface area (Å²) in [6.07, 6.45) is 0.844. The van der Waals surface area contributed by atoms with E-state index >= 15 is 0 Å². The number of halogens is 4. The molecule has 0 N–H and O–H groups in total. The van der Waals surface area contributed by atoms with Crippen LogP contribution in [0.3, 0.4) is 0 Å². The lowest BCUT2D eigenvalue weighted by atomic mass is 10.2. The summed E-state index contributed by atoms with van der Waals surface area (Å²) in [5.41, 5.74) is -0.0432. The first-order valence-corrected chi connectivity index (χ1v) is 7.79. The molecule has 0 bridgehead atoms. The third-order valence-corrected chi connectivity index (χ3v) is 4.09. The highest BCUT2D eigenvalue weighted by Gasteiger charge is 2.13. The molecule has 2 rings (SSSR count). The molecule has 0 amide bonds. The Kier molecular flexibility index (Phi) is 4.65. The van der Waals surface area contributed by atoms with Crippen LogP contribution in [0.2, 0.25) is 0 Å². The van der Waals surface area contributed by atoms with Crippen molar-refractivity contribution in [3.63, 3.8) is 0 Å². The third kappa shape index (κ3) is 3.94. The van der Waals surface area contributed by atoms with Crippen molar-refractivity contribution < 1.29 is 26.0 Å². The lowest BCUT2D eigenvalue weighted by molar-refractivity contribution is 0.446. The maximum atomic E-state index is 13.4. The molecule has 0 aliphatic carbocycles. The second-order valence-electron chi connectivity index (χ2n) is 4.50. The summed E-state index contributed by atoms with van der Waals surface area (Å²) in [7, 11) is -3.77. The molecular formula is C15H10F4O2S. The predicted molar refractivity (Wildman–Crippen MR) is 74.4 cm³/mol. The first-order valence-electron chi connectivity index (χ1n) is 6.07. The summed E-state index contributed by atoms with van der Waals surface area (Å²) in [6.45, 7) is 0. The van der Waals surface area contributed by atoms with Gasteiger partial charge in [0.1, 0.15) is 5.82 Å². The van der Waals surface area contributed by atoms with Gasteiger partial charge in [0.15, 0.2) is 27.3 Å². The number of rotatable bonds is 4. The van der Waals surface area contributed by atoms with Gasteiger partial charge < -0.3 is 0 Å². The topological polar surface area (TPSA) is 34.1 Å². The summed E-state index contributed by atoms with van der Waals surface area (Å²) in [5, 5.41) is 0.701. The number of benzene rings is 2. The van der Waals surface area contributed by atoms with E-state index in [4.69, 9.17) is 0 Å². The molecule has 0 aromatic heterocycles. The first kappa shape index (κ1) is 16.2. The van der Waals surface area contributed by atoms with E-state index in [0.29, 0.717) is 17.0 Å². The Hall–Kier alpha value is -2.15. The van der Waals surface area contributed by atoms with Crippen molar-refractivity contribution in [2.45, 2.75) is 5.75 Å². The molecule has 2 aromatic rings. The van der Waals surface area contributed by atoms with Crippen molar-refractivity contribution in [2.24, 2.45) is 0 Å². The second-order valence-corrected chi connectivity index (χ2v) is 6.39. The molecule has 116 valence electrons. The van der Waals surface area contributed by atoms with E-state index in [1.54, 1.807) is 0 Å². The van der Waals surface area contributed by atoms with Crippen LogP contribution in [0.5, 0.6) is 0 Å². The molecule has 0 heterocycles. The second kappa shape index (κ2) is 6.31. The Morgan fingerprint density at radius 2 is 1.50 bits per heavy atom. The van der Waals surface area contributed by atoms with Crippen LogP contribution in [0.15, 0.2) is 41.8 Å².